The van der Waals surface area contributed by atoms with Crippen LogP contribution in [0.5, 0.6) is 0 Å². The predicted octanol–water partition coefficient (Wildman–Crippen LogP) is 3.44. The van der Waals surface area contributed by atoms with Gasteiger partial charge in [0, 0.05) is 6.07 Å². The topological polar surface area (TPSA) is 38.3 Å². The van der Waals surface area contributed by atoms with Crippen molar-refractivity contribution in [3.8, 4) is 0 Å². The van der Waals surface area contributed by atoms with Crippen molar-refractivity contribution < 1.29 is 18.3 Å². The van der Waals surface area contributed by atoms with E-state index in [1.165, 1.54) is 13.2 Å². The van der Waals surface area contributed by atoms with Crippen LogP contribution in [0.1, 0.15) is 26.3 Å². The van der Waals surface area contributed by atoms with E-state index in [-0.39, 0.29) is 5.69 Å². The molecular weight excluding hydrogens is 228 g/mol. The number of ether oxygens (including phenoxy) is 1. The van der Waals surface area contributed by atoms with Gasteiger partial charge < -0.3 is 4.74 Å². The summed E-state index contributed by atoms with van der Waals surface area (Å²) in [5.41, 5.74) is -0.176. The van der Waals surface area contributed by atoms with Crippen molar-refractivity contribution in [1.82, 2.24) is 0 Å². The van der Waals surface area contributed by atoms with E-state index in [1.54, 1.807) is 20.8 Å². The molecular formula is C12H15F2NO2. The first-order valence-corrected chi connectivity index (χ1v) is 5.10. The fourth-order valence-electron chi connectivity index (χ4n) is 1.45. The lowest BCUT2D eigenvalue weighted by molar-refractivity contribution is 0.186. The van der Waals surface area contributed by atoms with Crippen molar-refractivity contribution in [3.05, 3.63) is 29.3 Å². The van der Waals surface area contributed by atoms with Gasteiger partial charge in [-0.25, -0.2) is 13.6 Å². The van der Waals surface area contributed by atoms with E-state index in [4.69, 9.17) is 0 Å². The zero-order chi connectivity index (χ0) is 13.2. The average molecular weight is 243 g/mol. The van der Waals surface area contributed by atoms with Crippen LogP contribution in [0.2, 0.25) is 0 Å². The molecule has 1 aromatic carbocycles. The third-order valence-electron chi connectivity index (χ3n) is 2.28. The molecule has 0 fully saturated rings. The number of rotatable bonds is 1. The quantitative estimate of drug-likeness (QED) is 0.820. The number of halogens is 2. The van der Waals surface area contributed by atoms with Crippen molar-refractivity contribution in [2.24, 2.45) is 0 Å². The van der Waals surface area contributed by atoms with Gasteiger partial charge >= 0.3 is 6.09 Å². The highest BCUT2D eigenvalue weighted by Crippen LogP contribution is 2.32. The van der Waals surface area contributed by atoms with Gasteiger partial charge in [-0.2, -0.15) is 0 Å². The largest absolute Gasteiger partial charge is 0.453 e. The lowest BCUT2D eigenvalue weighted by Gasteiger charge is -2.23. The van der Waals surface area contributed by atoms with Crippen LogP contribution in [0.25, 0.3) is 0 Å². The molecule has 0 aliphatic rings. The highest BCUT2D eigenvalue weighted by atomic mass is 19.1. The zero-order valence-corrected chi connectivity index (χ0v) is 10.2. The molecule has 0 aromatic heterocycles. The van der Waals surface area contributed by atoms with E-state index in [2.05, 4.69) is 10.1 Å². The van der Waals surface area contributed by atoms with Crippen molar-refractivity contribution in [1.29, 1.82) is 0 Å². The summed E-state index contributed by atoms with van der Waals surface area (Å²) in [6.45, 7) is 5.39. The standard InChI is InChI=1S/C12H15F2NO2/c1-12(2,3)8-5-7(13)6-9(14)10(8)15-11(16)17-4/h5-6H,1-4H3,(H,15,16). The number of amides is 1. The molecule has 0 unspecified atom stereocenters. The first kappa shape index (κ1) is 13.4. The Balaban J connectivity index is 3.31. The molecule has 1 rings (SSSR count). The Hall–Kier alpha value is -1.65. The number of carbonyl (C=O) groups is 1. The molecule has 0 aliphatic heterocycles. The van der Waals surface area contributed by atoms with Crippen molar-refractivity contribution in [2.75, 3.05) is 12.4 Å². The second-order valence-electron chi connectivity index (χ2n) is 4.68. The Morgan fingerprint density at radius 2 is 1.88 bits per heavy atom. The number of methoxy groups -OCH3 is 1. The van der Waals surface area contributed by atoms with Crippen LogP contribution in [0.3, 0.4) is 0 Å². The summed E-state index contributed by atoms with van der Waals surface area (Å²) in [7, 11) is 1.17. The molecule has 5 heteroatoms. The Morgan fingerprint density at radius 1 is 1.29 bits per heavy atom. The zero-order valence-electron chi connectivity index (χ0n) is 10.2. The van der Waals surface area contributed by atoms with Gasteiger partial charge in [0.05, 0.1) is 12.8 Å². The summed E-state index contributed by atoms with van der Waals surface area (Å²) in [5.74, 6) is -1.50. The van der Waals surface area contributed by atoms with E-state index in [0.717, 1.165) is 6.07 Å². The van der Waals surface area contributed by atoms with Crippen molar-refractivity contribution >= 4 is 11.8 Å². The third-order valence-corrected chi connectivity index (χ3v) is 2.28. The van der Waals surface area contributed by atoms with Crippen LogP contribution < -0.4 is 5.32 Å². The predicted molar refractivity (Wildman–Crippen MR) is 61.1 cm³/mol. The van der Waals surface area contributed by atoms with E-state index in [1.807, 2.05) is 0 Å². The molecule has 0 saturated heterocycles. The van der Waals surface area contributed by atoms with Gasteiger partial charge in [0.1, 0.15) is 11.6 Å². The molecule has 0 spiro atoms. The molecule has 0 atom stereocenters. The average Bonchev–Trinajstić information content (AvgIpc) is 2.19. The van der Waals surface area contributed by atoms with Gasteiger partial charge in [-0.15, -0.1) is 0 Å². The molecule has 17 heavy (non-hydrogen) atoms. The summed E-state index contributed by atoms with van der Waals surface area (Å²) in [6.07, 6.45) is -0.791. The minimum atomic E-state index is -0.819. The Labute approximate surface area is 98.8 Å². The van der Waals surface area contributed by atoms with Crippen LogP contribution >= 0.6 is 0 Å². The maximum absolute atomic E-state index is 13.6. The highest BCUT2D eigenvalue weighted by Gasteiger charge is 2.23. The molecule has 94 valence electrons. The first-order valence-electron chi connectivity index (χ1n) is 5.10. The summed E-state index contributed by atoms with van der Waals surface area (Å²) in [5, 5.41) is 2.26. The fraction of sp³-hybridized carbons (Fsp3) is 0.417. The van der Waals surface area contributed by atoms with Crippen LogP contribution in [0.15, 0.2) is 12.1 Å². The van der Waals surface area contributed by atoms with Crippen LogP contribution in [0.4, 0.5) is 19.3 Å². The monoisotopic (exact) mass is 243 g/mol. The van der Waals surface area contributed by atoms with Gasteiger partial charge in [0.25, 0.3) is 0 Å². The number of hydrogen-bond acceptors (Lipinski definition) is 2. The molecule has 0 bridgehead atoms. The van der Waals surface area contributed by atoms with E-state index in [9.17, 15) is 13.6 Å². The number of anilines is 1. The minimum absolute atomic E-state index is 0.0502. The maximum atomic E-state index is 13.6. The van der Waals surface area contributed by atoms with Gasteiger partial charge in [0.15, 0.2) is 0 Å². The first-order chi connectivity index (χ1) is 7.75. The Morgan fingerprint density at radius 3 is 2.35 bits per heavy atom. The normalized spacial score (nSPS) is 11.2. The Bertz CT molecular complexity index is 439. The third kappa shape index (κ3) is 3.15. The van der Waals surface area contributed by atoms with Crippen LogP contribution in [-0.4, -0.2) is 13.2 Å². The summed E-state index contributed by atoms with van der Waals surface area (Å²) in [4.78, 5) is 11.1. The van der Waals surface area contributed by atoms with Gasteiger partial charge in [-0.3, -0.25) is 5.32 Å². The van der Waals surface area contributed by atoms with Crippen molar-refractivity contribution in [2.45, 2.75) is 26.2 Å². The molecule has 3 nitrogen and oxygen atoms in total. The summed E-state index contributed by atoms with van der Waals surface area (Å²) >= 11 is 0. The lowest BCUT2D eigenvalue weighted by atomic mass is 9.85. The van der Waals surface area contributed by atoms with E-state index >= 15 is 0 Å². The SMILES string of the molecule is COC(=O)Nc1c(F)cc(F)cc1C(C)(C)C. The second kappa shape index (κ2) is 4.69. The van der Waals surface area contributed by atoms with Gasteiger partial charge in [-0.05, 0) is 17.0 Å². The molecule has 0 saturated carbocycles. The number of benzene rings is 1. The molecule has 0 aliphatic carbocycles. The van der Waals surface area contributed by atoms with Gasteiger partial charge in [0.2, 0.25) is 0 Å². The van der Waals surface area contributed by atoms with Crippen LogP contribution in [0, 0.1) is 11.6 Å². The minimum Gasteiger partial charge on any atom is -0.453 e. The van der Waals surface area contributed by atoms with Crippen molar-refractivity contribution in [3.63, 3.8) is 0 Å². The number of nitrogens with one attached hydrogen (secondary N) is 1. The highest BCUT2D eigenvalue weighted by molar-refractivity contribution is 5.86. The molecule has 1 N–H and O–H groups in total. The molecule has 0 radical (unpaired) electrons. The van der Waals surface area contributed by atoms with Crippen LogP contribution in [-0.2, 0) is 10.2 Å². The number of carbonyl (C=O) groups excluding carboxylic acids is 1. The fourth-order valence-corrected chi connectivity index (χ4v) is 1.45. The second-order valence-corrected chi connectivity index (χ2v) is 4.68. The summed E-state index contributed by atoms with van der Waals surface area (Å²) < 4.78 is 31.2. The van der Waals surface area contributed by atoms with Gasteiger partial charge in [-0.1, -0.05) is 20.8 Å². The molecule has 1 amide bonds. The van der Waals surface area contributed by atoms with E-state index < -0.39 is 23.1 Å². The molecule has 1 aromatic rings. The summed E-state index contributed by atoms with van der Waals surface area (Å²) in [6, 6.07) is 1.93. The lowest BCUT2D eigenvalue weighted by Crippen LogP contribution is -2.20. The van der Waals surface area contributed by atoms with E-state index in [0.29, 0.717) is 5.56 Å². The number of hydrogen-bond donors (Lipinski definition) is 1. The maximum Gasteiger partial charge on any atom is 0.411 e. The molecule has 0 heterocycles. The smallest absolute Gasteiger partial charge is 0.411 e. The Kier molecular flexibility index (Phi) is 3.70.